The van der Waals surface area contributed by atoms with Crippen molar-refractivity contribution in [1.29, 1.82) is 0 Å². The summed E-state index contributed by atoms with van der Waals surface area (Å²) in [7, 11) is 1.36. The number of carbonyl (C=O) groups is 1. The lowest BCUT2D eigenvalue weighted by atomic mass is 10.0. The second kappa shape index (κ2) is 6.96. The molecule has 0 bridgehead atoms. The van der Waals surface area contributed by atoms with Crippen molar-refractivity contribution in [1.82, 2.24) is 9.38 Å². The van der Waals surface area contributed by atoms with E-state index in [-0.39, 0.29) is 11.5 Å². The summed E-state index contributed by atoms with van der Waals surface area (Å²) in [6, 6.07) is 16.5. The minimum Gasteiger partial charge on any atom is -0.465 e. The van der Waals surface area contributed by atoms with E-state index in [0.29, 0.717) is 26.6 Å². The normalized spacial score (nSPS) is 12.1. The first-order chi connectivity index (χ1) is 14.5. The molecule has 0 unspecified atom stereocenters. The predicted molar refractivity (Wildman–Crippen MR) is 116 cm³/mol. The number of ether oxygens (including phenoxy) is 1. The summed E-state index contributed by atoms with van der Waals surface area (Å²) in [5, 5.41) is 0. The molecule has 0 spiro atoms. The molecule has 0 amide bonds. The zero-order chi connectivity index (χ0) is 20.8. The smallest absolute Gasteiger partial charge is 0.337 e. The Morgan fingerprint density at radius 1 is 1.17 bits per heavy atom. The van der Waals surface area contributed by atoms with Crippen molar-refractivity contribution in [2.75, 3.05) is 7.11 Å². The third-order valence-corrected chi connectivity index (χ3v) is 5.93. The van der Waals surface area contributed by atoms with Gasteiger partial charge in [0.25, 0.3) is 5.56 Å². The Morgan fingerprint density at radius 2 is 2.00 bits per heavy atom. The van der Waals surface area contributed by atoms with Crippen molar-refractivity contribution >= 4 is 39.4 Å². The average molecular weight is 416 g/mol. The maximum Gasteiger partial charge on any atom is 0.337 e. The number of hydrogen-bond donors (Lipinski definition) is 0. The molecule has 0 saturated carbocycles. The minimum absolute atomic E-state index is 0.111. The second-order valence-corrected chi connectivity index (χ2v) is 7.87. The average Bonchev–Trinajstić information content (AvgIpc) is 3.43. The van der Waals surface area contributed by atoms with Gasteiger partial charge in [-0.3, -0.25) is 4.79 Å². The molecule has 0 atom stereocenters. The van der Waals surface area contributed by atoms with Gasteiger partial charge >= 0.3 is 5.97 Å². The lowest BCUT2D eigenvalue weighted by Gasteiger charge is -2.05. The summed E-state index contributed by atoms with van der Waals surface area (Å²) >= 11 is 1.33. The van der Waals surface area contributed by atoms with Crippen LogP contribution in [0.4, 0.5) is 0 Å². The molecule has 0 aliphatic carbocycles. The van der Waals surface area contributed by atoms with E-state index < -0.39 is 0 Å². The number of furan rings is 1. The van der Waals surface area contributed by atoms with Gasteiger partial charge in [0.15, 0.2) is 4.96 Å². The SMILES string of the molecule is COC(=O)c1ccc(-c2ccc(/C=c3\sc4nc5ccccc5n4c3=O)o2)c(C)c1. The van der Waals surface area contributed by atoms with Crippen molar-refractivity contribution in [2.45, 2.75) is 6.92 Å². The van der Waals surface area contributed by atoms with Crippen LogP contribution in [-0.2, 0) is 4.74 Å². The zero-order valence-corrected chi connectivity index (χ0v) is 17.0. The summed E-state index contributed by atoms with van der Waals surface area (Å²) in [6.07, 6.45) is 1.73. The Labute approximate surface area is 174 Å². The number of benzene rings is 2. The number of nitrogens with zero attached hydrogens (tertiary/aromatic N) is 2. The quantitative estimate of drug-likeness (QED) is 0.418. The van der Waals surface area contributed by atoms with Crippen molar-refractivity contribution in [2.24, 2.45) is 0 Å². The summed E-state index contributed by atoms with van der Waals surface area (Å²) in [5.74, 6) is 0.859. The van der Waals surface area contributed by atoms with Gasteiger partial charge in [0, 0.05) is 11.6 Å². The number of imidazole rings is 1. The molecule has 6 nitrogen and oxygen atoms in total. The Bertz CT molecular complexity index is 1540. The first-order valence-electron chi connectivity index (χ1n) is 9.26. The molecule has 0 saturated heterocycles. The molecule has 0 aliphatic heterocycles. The topological polar surface area (TPSA) is 73.8 Å². The molecule has 0 radical (unpaired) electrons. The van der Waals surface area contributed by atoms with Gasteiger partial charge in [-0.05, 0) is 48.9 Å². The largest absolute Gasteiger partial charge is 0.465 e. The summed E-state index contributed by atoms with van der Waals surface area (Å²) in [4.78, 5) is 29.8. The molecule has 0 fully saturated rings. The predicted octanol–water partition coefficient (Wildman–Crippen LogP) is 3.81. The van der Waals surface area contributed by atoms with Crippen LogP contribution in [0.5, 0.6) is 0 Å². The fourth-order valence-electron chi connectivity index (χ4n) is 3.50. The fourth-order valence-corrected chi connectivity index (χ4v) is 4.47. The molecule has 0 N–H and O–H groups in total. The first-order valence-corrected chi connectivity index (χ1v) is 10.1. The first kappa shape index (κ1) is 18.3. The highest BCUT2D eigenvalue weighted by Gasteiger charge is 2.13. The lowest BCUT2D eigenvalue weighted by molar-refractivity contribution is 0.0600. The lowest BCUT2D eigenvalue weighted by Crippen LogP contribution is -2.22. The minimum atomic E-state index is -0.378. The van der Waals surface area contributed by atoms with Gasteiger partial charge in [-0.2, -0.15) is 0 Å². The Morgan fingerprint density at radius 3 is 2.80 bits per heavy atom. The van der Waals surface area contributed by atoms with Crippen molar-refractivity contribution < 1.29 is 13.9 Å². The number of carbonyl (C=O) groups excluding carboxylic acids is 1. The van der Waals surface area contributed by atoms with Gasteiger partial charge in [-0.25, -0.2) is 14.2 Å². The highest BCUT2D eigenvalue weighted by molar-refractivity contribution is 7.15. The molecule has 5 aromatic rings. The Kier molecular flexibility index (Phi) is 4.25. The van der Waals surface area contributed by atoms with Crippen LogP contribution in [-0.4, -0.2) is 22.5 Å². The molecule has 30 heavy (non-hydrogen) atoms. The van der Waals surface area contributed by atoms with Crippen LogP contribution in [0.15, 0.2) is 63.8 Å². The van der Waals surface area contributed by atoms with E-state index >= 15 is 0 Å². The van der Waals surface area contributed by atoms with Crippen LogP contribution in [0.3, 0.4) is 0 Å². The van der Waals surface area contributed by atoms with Crippen molar-refractivity contribution in [3.05, 3.63) is 86.4 Å². The summed E-state index contributed by atoms with van der Waals surface area (Å²) in [6.45, 7) is 1.91. The van der Waals surface area contributed by atoms with Crippen LogP contribution in [0.1, 0.15) is 21.7 Å². The zero-order valence-electron chi connectivity index (χ0n) is 16.2. The number of aryl methyl sites for hydroxylation is 1. The summed E-state index contributed by atoms with van der Waals surface area (Å²) in [5.41, 5.74) is 3.75. The van der Waals surface area contributed by atoms with Gasteiger partial charge < -0.3 is 9.15 Å². The van der Waals surface area contributed by atoms with E-state index in [1.807, 2.05) is 49.4 Å². The third kappa shape index (κ3) is 2.91. The second-order valence-electron chi connectivity index (χ2n) is 6.86. The maximum atomic E-state index is 12.9. The highest BCUT2D eigenvalue weighted by Crippen LogP contribution is 2.27. The number of esters is 1. The molecule has 3 aromatic heterocycles. The maximum absolute atomic E-state index is 12.9. The van der Waals surface area contributed by atoms with E-state index in [1.54, 1.807) is 22.6 Å². The number of hydrogen-bond acceptors (Lipinski definition) is 6. The van der Waals surface area contributed by atoms with E-state index in [1.165, 1.54) is 18.4 Å². The Hall–Kier alpha value is -3.71. The molecule has 5 rings (SSSR count). The number of thiazole rings is 1. The highest BCUT2D eigenvalue weighted by atomic mass is 32.1. The van der Waals surface area contributed by atoms with Crippen molar-refractivity contribution in [3.8, 4) is 11.3 Å². The number of rotatable bonds is 3. The van der Waals surface area contributed by atoms with Gasteiger partial charge in [0.1, 0.15) is 16.1 Å². The van der Waals surface area contributed by atoms with Gasteiger partial charge in [-0.15, -0.1) is 0 Å². The van der Waals surface area contributed by atoms with Gasteiger partial charge in [-0.1, -0.05) is 29.5 Å². The molecule has 148 valence electrons. The molecule has 3 heterocycles. The number of fused-ring (bicyclic) bond motifs is 3. The molecular formula is C23H16N2O4S. The third-order valence-electron chi connectivity index (χ3n) is 4.96. The van der Waals surface area contributed by atoms with Crippen LogP contribution in [0.25, 0.3) is 33.4 Å². The van der Waals surface area contributed by atoms with E-state index in [9.17, 15) is 9.59 Å². The molecule has 7 heteroatoms. The Balaban J connectivity index is 1.55. The number of methoxy groups -OCH3 is 1. The molecule has 0 aliphatic rings. The van der Waals surface area contributed by atoms with Crippen LogP contribution < -0.4 is 10.1 Å². The summed E-state index contributed by atoms with van der Waals surface area (Å²) < 4.78 is 12.9. The van der Waals surface area contributed by atoms with Gasteiger partial charge in [0.05, 0.1) is 23.7 Å². The molecule has 2 aromatic carbocycles. The van der Waals surface area contributed by atoms with Gasteiger partial charge in [0.2, 0.25) is 0 Å². The van der Waals surface area contributed by atoms with Crippen LogP contribution in [0.2, 0.25) is 0 Å². The van der Waals surface area contributed by atoms with Crippen LogP contribution >= 0.6 is 11.3 Å². The van der Waals surface area contributed by atoms with Crippen LogP contribution in [0, 0.1) is 6.92 Å². The fraction of sp³-hybridized carbons (Fsp3) is 0.0870. The van der Waals surface area contributed by atoms with E-state index in [2.05, 4.69) is 4.98 Å². The van der Waals surface area contributed by atoms with Crippen molar-refractivity contribution in [3.63, 3.8) is 0 Å². The van der Waals surface area contributed by atoms with E-state index in [4.69, 9.17) is 9.15 Å². The monoisotopic (exact) mass is 416 g/mol. The standard InChI is InChI=1S/C23H16N2O4S/c1-13-11-14(22(27)28-2)7-9-16(13)19-10-8-15(29-19)12-20-21(26)25-18-6-4-3-5-17(18)24-23(25)30-20/h3-12H,1-2H3/b20-12-. The molecular weight excluding hydrogens is 400 g/mol. The number of para-hydroxylation sites is 2. The van der Waals surface area contributed by atoms with E-state index in [0.717, 1.165) is 22.2 Å². The number of aromatic nitrogens is 2.